The maximum absolute atomic E-state index is 5.88. The van der Waals surface area contributed by atoms with E-state index in [0.717, 1.165) is 24.3 Å². The lowest BCUT2D eigenvalue weighted by atomic mass is 9.98. The van der Waals surface area contributed by atoms with Gasteiger partial charge in [-0.25, -0.2) is 5.06 Å². The predicted octanol–water partition coefficient (Wildman–Crippen LogP) is 2.53. The van der Waals surface area contributed by atoms with Crippen LogP contribution in [0.5, 0.6) is 5.75 Å². The molecule has 1 saturated heterocycles. The first-order valence-electron chi connectivity index (χ1n) is 5.66. The summed E-state index contributed by atoms with van der Waals surface area (Å²) in [4.78, 5) is 5.88. The normalized spacial score (nSPS) is 27.2. The van der Waals surface area contributed by atoms with E-state index in [1.165, 1.54) is 0 Å². The summed E-state index contributed by atoms with van der Waals surface area (Å²) in [5.41, 5.74) is 1.02. The van der Waals surface area contributed by atoms with E-state index in [9.17, 15) is 0 Å². The molecule has 2 aliphatic heterocycles. The number of fused-ring (bicyclic) bond motifs is 2. The number of methoxy groups -OCH3 is 1. The molecule has 2 heterocycles. The van der Waals surface area contributed by atoms with E-state index in [4.69, 9.17) is 9.57 Å². The molecule has 2 atom stereocenters. The fourth-order valence-electron chi connectivity index (χ4n) is 2.33. The lowest BCUT2D eigenvalue weighted by molar-refractivity contribution is 0.00285. The Kier molecular flexibility index (Phi) is 2.33. The minimum Gasteiger partial charge on any atom is -0.494 e. The van der Waals surface area contributed by atoms with Gasteiger partial charge < -0.3 is 4.74 Å². The smallest absolute Gasteiger partial charge is 0.144 e. The van der Waals surface area contributed by atoms with Gasteiger partial charge in [0.1, 0.15) is 17.5 Å². The summed E-state index contributed by atoms with van der Waals surface area (Å²) < 4.78 is 5.36. The summed E-state index contributed by atoms with van der Waals surface area (Å²) in [6.45, 7) is 0. The van der Waals surface area contributed by atoms with E-state index in [2.05, 4.69) is 12.2 Å². The number of hydrogen-bond donors (Lipinski definition) is 0. The number of ether oxygens (including phenoxy) is 1. The van der Waals surface area contributed by atoms with Gasteiger partial charge in [-0.3, -0.25) is 4.84 Å². The Balaban J connectivity index is 1.95. The summed E-state index contributed by atoms with van der Waals surface area (Å²) in [5, 5.41) is 1.98. The van der Waals surface area contributed by atoms with Crippen LogP contribution >= 0.6 is 0 Å². The number of rotatable bonds is 2. The zero-order chi connectivity index (χ0) is 11.0. The lowest BCUT2D eigenvalue weighted by Crippen LogP contribution is -2.45. The highest BCUT2D eigenvalue weighted by molar-refractivity contribution is 5.58. The molecule has 0 radical (unpaired) electrons. The minimum absolute atomic E-state index is 0.231. The van der Waals surface area contributed by atoms with E-state index < -0.39 is 0 Å². The first kappa shape index (κ1) is 9.73. The fourth-order valence-corrected chi connectivity index (χ4v) is 2.33. The zero-order valence-corrected chi connectivity index (χ0v) is 9.30. The third-order valence-corrected chi connectivity index (χ3v) is 3.17. The van der Waals surface area contributed by atoms with Crippen LogP contribution in [0.15, 0.2) is 36.4 Å². The van der Waals surface area contributed by atoms with Crippen LogP contribution in [0, 0.1) is 0 Å². The van der Waals surface area contributed by atoms with Crippen LogP contribution in [-0.2, 0) is 4.84 Å². The molecule has 0 spiro atoms. The van der Waals surface area contributed by atoms with Crippen LogP contribution in [0.3, 0.4) is 0 Å². The largest absolute Gasteiger partial charge is 0.494 e. The molecule has 0 amide bonds. The third kappa shape index (κ3) is 1.48. The van der Waals surface area contributed by atoms with Crippen LogP contribution in [-0.4, -0.2) is 19.3 Å². The van der Waals surface area contributed by atoms with Crippen molar-refractivity contribution in [3.8, 4) is 5.75 Å². The van der Waals surface area contributed by atoms with Crippen molar-refractivity contribution < 1.29 is 9.57 Å². The topological polar surface area (TPSA) is 21.7 Å². The zero-order valence-electron chi connectivity index (χ0n) is 9.30. The second-order valence-corrected chi connectivity index (χ2v) is 4.17. The van der Waals surface area contributed by atoms with Crippen molar-refractivity contribution in [1.82, 2.24) is 0 Å². The van der Waals surface area contributed by atoms with E-state index in [1.807, 2.05) is 29.3 Å². The Morgan fingerprint density at radius 3 is 2.75 bits per heavy atom. The Labute approximate surface area is 95.2 Å². The van der Waals surface area contributed by atoms with E-state index in [0.29, 0.717) is 6.04 Å². The Hall–Kier alpha value is -1.48. The maximum Gasteiger partial charge on any atom is 0.144 e. The van der Waals surface area contributed by atoms with Gasteiger partial charge in [0.05, 0.1) is 13.2 Å². The molecular formula is C13H15NO2. The van der Waals surface area contributed by atoms with Gasteiger partial charge in [0.2, 0.25) is 0 Å². The number of nitrogens with zero attached hydrogens (tertiary/aromatic N) is 1. The van der Waals surface area contributed by atoms with E-state index in [1.54, 1.807) is 7.11 Å². The molecule has 1 aliphatic carbocycles. The Morgan fingerprint density at radius 2 is 2.12 bits per heavy atom. The molecule has 84 valence electrons. The van der Waals surface area contributed by atoms with Crippen LogP contribution in [0.2, 0.25) is 0 Å². The first-order chi connectivity index (χ1) is 7.88. The van der Waals surface area contributed by atoms with Crippen LogP contribution in [0.4, 0.5) is 5.69 Å². The van der Waals surface area contributed by atoms with Crippen LogP contribution in [0.25, 0.3) is 0 Å². The first-order valence-corrected chi connectivity index (χ1v) is 5.66. The van der Waals surface area contributed by atoms with Crippen molar-refractivity contribution >= 4 is 5.69 Å². The van der Waals surface area contributed by atoms with Crippen molar-refractivity contribution in [2.75, 3.05) is 12.2 Å². The highest BCUT2D eigenvalue weighted by atomic mass is 16.7. The number of para-hydroxylation sites is 2. The molecule has 1 aromatic carbocycles. The molecule has 3 aliphatic rings. The number of hydrogen-bond acceptors (Lipinski definition) is 3. The second kappa shape index (κ2) is 3.83. The molecule has 0 aromatic heterocycles. The maximum atomic E-state index is 5.88. The molecular weight excluding hydrogens is 202 g/mol. The van der Waals surface area contributed by atoms with Gasteiger partial charge in [0.25, 0.3) is 0 Å². The average molecular weight is 217 g/mol. The highest BCUT2D eigenvalue weighted by Crippen LogP contribution is 2.36. The van der Waals surface area contributed by atoms with Crippen molar-refractivity contribution in [2.24, 2.45) is 0 Å². The van der Waals surface area contributed by atoms with Crippen molar-refractivity contribution in [2.45, 2.75) is 25.0 Å². The summed E-state index contributed by atoms with van der Waals surface area (Å²) in [6, 6.07) is 8.33. The SMILES string of the molecule is COc1ccccc1N1O[C@H]2C=C[C@@H]1CC2. The van der Waals surface area contributed by atoms with Gasteiger partial charge in [-0.1, -0.05) is 24.3 Å². The molecule has 3 heteroatoms. The highest BCUT2D eigenvalue weighted by Gasteiger charge is 2.32. The lowest BCUT2D eigenvalue weighted by Gasteiger charge is -2.42. The van der Waals surface area contributed by atoms with E-state index >= 15 is 0 Å². The standard InChI is InChI=1S/C13H15NO2/c1-15-13-5-3-2-4-12(13)14-10-6-8-11(16-14)9-7-10/h2-6,8,10-11H,7,9H2,1H3/t10-,11+/m1/s1. The summed E-state index contributed by atoms with van der Waals surface area (Å²) in [6.07, 6.45) is 6.88. The molecule has 1 fully saturated rings. The van der Waals surface area contributed by atoms with Gasteiger partial charge >= 0.3 is 0 Å². The van der Waals surface area contributed by atoms with Crippen LogP contribution in [0.1, 0.15) is 12.8 Å². The molecule has 16 heavy (non-hydrogen) atoms. The summed E-state index contributed by atoms with van der Waals surface area (Å²) in [7, 11) is 1.69. The van der Waals surface area contributed by atoms with Crippen molar-refractivity contribution in [1.29, 1.82) is 0 Å². The molecule has 3 nitrogen and oxygen atoms in total. The molecule has 0 saturated carbocycles. The average Bonchev–Trinajstić information content (AvgIpc) is 2.40. The Bertz CT molecular complexity index is 416. The number of hydroxylamine groups is 1. The molecule has 4 rings (SSSR count). The van der Waals surface area contributed by atoms with Crippen molar-refractivity contribution in [3.05, 3.63) is 36.4 Å². The molecule has 1 aromatic rings. The molecule has 0 unspecified atom stereocenters. The number of benzene rings is 1. The minimum atomic E-state index is 0.231. The quantitative estimate of drug-likeness (QED) is 0.710. The second-order valence-electron chi connectivity index (χ2n) is 4.17. The van der Waals surface area contributed by atoms with Gasteiger partial charge in [0.15, 0.2) is 0 Å². The van der Waals surface area contributed by atoms with Gasteiger partial charge in [0, 0.05) is 0 Å². The molecule has 0 N–H and O–H groups in total. The van der Waals surface area contributed by atoms with Gasteiger partial charge in [-0.2, -0.15) is 0 Å². The van der Waals surface area contributed by atoms with E-state index in [-0.39, 0.29) is 6.10 Å². The van der Waals surface area contributed by atoms with Crippen molar-refractivity contribution in [3.63, 3.8) is 0 Å². The third-order valence-electron chi connectivity index (χ3n) is 3.17. The summed E-state index contributed by atoms with van der Waals surface area (Å²) in [5.74, 6) is 0.864. The number of anilines is 1. The summed E-state index contributed by atoms with van der Waals surface area (Å²) >= 11 is 0. The van der Waals surface area contributed by atoms with Gasteiger partial charge in [-0.15, -0.1) is 0 Å². The van der Waals surface area contributed by atoms with Crippen LogP contribution < -0.4 is 9.80 Å². The van der Waals surface area contributed by atoms with Gasteiger partial charge in [-0.05, 0) is 25.0 Å². The fraction of sp³-hybridized carbons (Fsp3) is 0.385. The molecule has 2 bridgehead atoms. The monoisotopic (exact) mass is 217 g/mol. The Morgan fingerprint density at radius 1 is 1.25 bits per heavy atom. The predicted molar refractivity (Wildman–Crippen MR) is 62.5 cm³/mol.